The SMILES string of the molecule is O=C(CBr)c1cc(Br)c(O)c(Br)c1O. The van der Waals surface area contributed by atoms with E-state index in [2.05, 4.69) is 47.8 Å². The van der Waals surface area contributed by atoms with Crippen molar-refractivity contribution < 1.29 is 15.0 Å². The Morgan fingerprint density at radius 1 is 1.29 bits per heavy atom. The molecule has 0 heterocycles. The summed E-state index contributed by atoms with van der Waals surface area (Å²) in [4.78, 5) is 11.3. The zero-order valence-electron chi connectivity index (χ0n) is 6.72. The summed E-state index contributed by atoms with van der Waals surface area (Å²) in [7, 11) is 0. The van der Waals surface area contributed by atoms with Crippen molar-refractivity contribution in [3.05, 3.63) is 20.6 Å². The summed E-state index contributed by atoms with van der Waals surface area (Å²) in [6.45, 7) is 0. The number of carbonyl (C=O) groups excluding carboxylic acids is 1. The highest BCUT2D eigenvalue weighted by atomic mass is 79.9. The second-order valence-electron chi connectivity index (χ2n) is 2.47. The lowest BCUT2D eigenvalue weighted by Gasteiger charge is -2.07. The van der Waals surface area contributed by atoms with Gasteiger partial charge in [0.15, 0.2) is 5.78 Å². The van der Waals surface area contributed by atoms with Gasteiger partial charge in [-0.2, -0.15) is 0 Å². The number of halogens is 3. The second kappa shape index (κ2) is 4.63. The first kappa shape index (κ1) is 12.0. The maximum absolute atomic E-state index is 11.3. The molecule has 0 aliphatic rings. The third kappa shape index (κ3) is 2.12. The van der Waals surface area contributed by atoms with Gasteiger partial charge in [-0.1, -0.05) is 15.9 Å². The summed E-state index contributed by atoms with van der Waals surface area (Å²) in [5.41, 5.74) is 0.151. The van der Waals surface area contributed by atoms with E-state index in [0.717, 1.165) is 0 Å². The van der Waals surface area contributed by atoms with Crippen molar-refractivity contribution in [2.75, 3.05) is 5.33 Å². The van der Waals surface area contributed by atoms with Crippen LogP contribution < -0.4 is 0 Å². The first-order valence-corrected chi connectivity index (χ1v) is 6.18. The summed E-state index contributed by atoms with van der Waals surface area (Å²) in [6.07, 6.45) is 0. The highest BCUT2D eigenvalue weighted by molar-refractivity contribution is 9.11. The van der Waals surface area contributed by atoms with Gasteiger partial charge in [0.2, 0.25) is 0 Å². The average molecular weight is 389 g/mol. The first-order valence-electron chi connectivity index (χ1n) is 3.48. The van der Waals surface area contributed by atoms with Crippen molar-refractivity contribution in [3.8, 4) is 11.5 Å². The van der Waals surface area contributed by atoms with E-state index in [1.165, 1.54) is 6.07 Å². The van der Waals surface area contributed by atoms with E-state index in [-0.39, 0.29) is 32.6 Å². The third-order valence-electron chi connectivity index (χ3n) is 1.59. The van der Waals surface area contributed by atoms with Gasteiger partial charge >= 0.3 is 0 Å². The normalized spacial score (nSPS) is 10.2. The lowest BCUT2D eigenvalue weighted by molar-refractivity contribution is 0.102. The average Bonchev–Trinajstić information content (AvgIpc) is 2.19. The van der Waals surface area contributed by atoms with E-state index in [9.17, 15) is 15.0 Å². The molecular formula is C8H5Br3O3. The zero-order valence-corrected chi connectivity index (χ0v) is 11.5. The van der Waals surface area contributed by atoms with Gasteiger partial charge in [-0.25, -0.2) is 0 Å². The molecule has 0 saturated heterocycles. The predicted molar refractivity (Wildman–Crippen MR) is 63.3 cm³/mol. The largest absolute Gasteiger partial charge is 0.506 e. The smallest absolute Gasteiger partial charge is 0.177 e. The molecule has 1 aromatic rings. The van der Waals surface area contributed by atoms with Crippen LogP contribution in [-0.2, 0) is 0 Å². The van der Waals surface area contributed by atoms with Gasteiger partial charge in [-0.3, -0.25) is 4.79 Å². The fourth-order valence-electron chi connectivity index (χ4n) is 0.883. The molecule has 0 aliphatic carbocycles. The maximum atomic E-state index is 11.3. The Morgan fingerprint density at radius 2 is 1.86 bits per heavy atom. The lowest BCUT2D eigenvalue weighted by Crippen LogP contribution is -2.00. The van der Waals surface area contributed by atoms with Gasteiger partial charge < -0.3 is 10.2 Å². The van der Waals surface area contributed by atoms with Crippen LogP contribution in [0.4, 0.5) is 0 Å². The van der Waals surface area contributed by atoms with E-state index in [1.54, 1.807) is 0 Å². The van der Waals surface area contributed by atoms with Crippen LogP contribution in [0, 0.1) is 0 Å². The summed E-state index contributed by atoms with van der Waals surface area (Å²) in [5.74, 6) is -0.646. The number of phenolic OH excluding ortho intramolecular Hbond substituents is 2. The van der Waals surface area contributed by atoms with Gasteiger partial charge in [-0.05, 0) is 37.9 Å². The number of Topliss-reactive ketones (excluding diaryl/α,β-unsaturated/α-hetero) is 1. The molecule has 14 heavy (non-hydrogen) atoms. The minimum Gasteiger partial charge on any atom is -0.506 e. The van der Waals surface area contributed by atoms with Gasteiger partial charge in [0.1, 0.15) is 16.0 Å². The number of carbonyl (C=O) groups is 1. The minimum atomic E-state index is -0.260. The zero-order chi connectivity index (χ0) is 10.9. The molecule has 0 aromatic heterocycles. The molecule has 0 saturated carbocycles. The Hall–Kier alpha value is -0.0700. The maximum Gasteiger partial charge on any atom is 0.177 e. The minimum absolute atomic E-state index is 0.108. The summed E-state index contributed by atoms with van der Waals surface area (Å²) < 4.78 is 0.461. The third-order valence-corrected chi connectivity index (χ3v) is 3.45. The number of aromatic hydroxyl groups is 2. The van der Waals surface area contributed by atoms with Crippen LogP contribution in [0.3, 0.4) is 0 Å². The highest BCUT2D eigenvalue weighted by Gasteiger charge is 2.18. The Labute approximate surface area is 106 Å². The fourth-order valence-corrected chi connectivity index (χ4v) is 2.31. The van der Waals surface area contributed by atoms with Crippen LogP contribution in [0.15, 0.2) is 15.0 Å². The quantitative estimate of drug-likeness (QED) is 0.604. The number of hydrogen-bond acceptors (Lipinski definition) is 3. The summed E-state index contributed by atoms with van der Waals surface area (Å²) in [6, 6.07) is 1.37. The standard InChI is InChI=1S/C8H5Br3O3/c9-2-5(12)3-1-4(10)8(14)6(11)7(3)13/h1,13-14H,2H2. The Kier molecular flexibility index (Phi) is 3.97. The molecule has 0 aliphatic heterocycles. The van der Waals surface area contributed by atoms with E-state index in [0.29, 0.717) is 4.47 Å². The van der Waals surface area contributed by atoms with Gasteiger partial charge in [-0.15, -0.1) is 0 Å². The second-order valence-corrected chi connectivity index (χ2v) is 4.68. The van der Waals surface area contributed by atoms with Crippen LogP contribution >= 0.6 is 47.8 Å². The molecule has 0 fully saturated rings. The molecule has 3 nitrogen and oxygen atoms in total. The molecule has 0 unspecified atom stereocenters. The molecule has 1 rings (SSSR count). The molecule has 1 aromatic carbocycles. The number of benzene rings is 1. The van der Waals surface area contributed by atoms with Crippen LogP contribution in [0.25, 0.3) is 0 Å². The Balaban J connectivity index is 3.40. The topological polar surface area (TPSA) is 57.5 Å². The van der Waals surface area contributed by atoms with Gasteiger partial charge in [0.05, 0.1) is 15.4 Å². The predicted octanol–water partition coefficient (Wildman–Crippen LogP) is 3.20. The van der Waals surface area contributed by atoms with E-state index in [1.807, 2.05) is 0 Å². The molecule has 2 N–H and O–H groups in total. The van der Waals surface area contributed by atoms with Crippen molar-refractivity contribution in [1.82, 2.24) is 0 Å². The molecule has 0 radical (unpaired) electrons. The monoisotopic (exact) mass is 386 g/mol. The lowest BCUT2D eigenvalue weighted by atomic mass is 10.1. The number of phenols is 2. The van der Waals surface area contributed by atoms with Crippen molar-refractivity contribution in [2.24, 2.45) is 0 Å². The van der Waals surface area contributed by atoms with Gasteiger partial charge in [0.25, 0.3) is 0 Å². The van der Waals surface area contributed by atoms with Gasteiger partial charge in [0, 0.05) is 0 Å². The molecule has 0 atom stereocenters. The number of rotatable bonds is 2. The van der Waals surface area contributed by atoms with Crippen LogP contribution in [-0.4, -0.2) is 21.3 Å². The summed E-state index contributed by atoms with van der Waals surface area (Å²) in [5, 5.41) is 19.0. The van der Waals surface area contributed by atoms with Crippen molar-refractivity contribution in [2.45, 2.75) is 0 Å². The van der Waals surface area contributed by atoms with Crippen LogP contribution in [0.5, 0.6) is 11.5 Å². The van der Waals surface area contributed by atoms with Crippen molar-refractivity contribution >= 4 is 53.6 Å². The molecule has 6 heteroatoms. The molecule has 0 bridgehead atoms. The van der Waals surface area contributed by atoms with E-state index < -0.39 is 0 Å². The highest BCUT2D eigenvalue weighted by Crippen LogP contribution is 2.41. The number of alkyl halides is 1. The number of hydrogen-bond donors (Lipinski definition) is 2. The van der Waals surface area contributed by atoms with Crippen LogP contribution in [0.1, 0.15) is 10.4 Å². The van der Waals surface area contributed by atoms with Crippen molar-refractivity contribution in [1.29, 1.82) is 0 Å². The molecule has 0 spiro atoms. The van der Waals surface area contributed by atoms with E-state index >= 15 is 0 Å². The fraction of sp³-hybridized carbons (Fsp3) is 0.125. The Bertz CT molecular complexity index is 390. The van der Waals surface area contributed by atoms with E-state index in [4.69, 9.17) is 0 Å². The van der Waals surface area contributed by atoms with Crippen LogP contribution in [0.2, 0.25) is 0 Å². The Morgan fingerprint density at radius 3 is 2.36 bits per heavy atom. The first-order chi connectivity index (χ1) is 6.49. The number of ketones is 1. The molecule has 0 amide bonds. The molecular weight excluding hydrogens is 384 g/mol. The summed E-state index contributed by atoms with van der Waals surface area (Å²) >= 11 is 9.05. The molecule has 76 valence electrons. The van der Waals surface area contributed by atoms with Crippen molar-refractivity contribution in [3.63, 3.8) is 0 Å².